The Hall–Kier alpha value is -2.45. The lowest BCUT2D eigenvalue weighted by molar-refractivity contribution is -0.141. The van der Waals surface area contributed by atoms with Gasteiger partial charge < -0.3 is 14.1 Å². The number of furan rings is 1. The minimum atomic E-state index is -0.300. The Morgan fingerprint density at radius 2 is 2.27 bits per heavy atom. The maximum atomic E-state index is 12.9. The third-order valence-corrected chi connectivity index (χ3v) is 5.10. The Morgan fingerprint density at radius 1 is 1.42 bits per heavy atom. The Balaban J connectivity index is 1.80. The zero-order chi connectivity index (χ0) is 18.5. The van der Waals surface area contributed by atoms with E-state index >= 15 is 0 Å². The van der Waals surface area contributed by atoms with Gasteiger partial charge in [0.2, 0.25) is 5.91 Å². The highest BCUT2D eigenvalue weighted by Crippen LogP contribution is 2.34. The summed E-state index contributed by atoms with van der Waals surface area (Å²) in [4.78, 5) is 27.2. The molecule has 1 aliphatic heterocycles. The van der Waals surface area contributed by atoms with Crippen LogP contribution in [0.25, 0.3) is 0 Å². The number of nitrogens with zero attached hydrogens (tertiary/aromatic N) is 3. The van der Waals surface area contributed by atoms with Crippen LogP contribution in [0.3, 0.4) is 0 Å². The summed E-state index contributed by atoms with van der Waals surface area (Å²) >= 11 is 1.58. The van der Waals surface area contributed by atoms with Crippen LogP contribution in [0, 0.1) is 0 Å². The van der Waals surface area contributed by atoms with E-state index in [4.69, 9.17) is 9.15 Å². The van der Waals surface area contributed by atoms with Gasteiger partial charge in [-0.1, -0.05) is 6.07 Å². The molecule has 3 rings (SSSR count). The Kier molecular flexibility index (Phi) is 5.85. The monoisotopic (exact) mass is 375 g/mol. The summed E-state index contributed by atoms with van der Waals surface area (Å²) in [5, 5.41) is 7.96. The fourth-order valence-electron chi connectivity index (χ4n) is 2.82. The number of hydrogen-bond acceptors (Lipinski definition) is 6. The topological polar surface area (TPSA) is 75.3 Å². The second-order valence-electron chi connectivity index (χ2n) is 5.93. The maximum Gasteiger partial charge on any atom is 0.262 e. The quantitative estimate of drug-likeness (QED) is 0.745. The number of amides is 2. The minimum Gasteiger partial charge on any atom is -0.467 e. The van der Waals surface area contributed by atoms with Gasteiger partial charge in [0.25, 0.3) is 5.91 Å². The number of carbonyl (C=O) groups excluding carboxylic acids is 2. The van der Waals surface area contributed by atoms with E-state index in [-0.39, 0.29) is 24.4 Å². The fourth-order valence-corrected chi connectivity index (χ4v) is 3.54. The zero-order valence-electron chi connectivity index (χ0n) is 14.8. The summed E-state index contributed by atoms with van der Waals surface area (Å²) < 4.78 is 10.5. The summed E-state index contributed by atoms with van der Waals surface area (Å²) in [5.74, 6) is 0.260. The first-order chi connectivity index (χ1) is 12.6. The van der Waals surface area contributed by atoms with Crippen molar-refractivity contribution < 1.29 is 18.7 Å². The molecule has 0 radical (unpaired) electrons. The van der Waals surface area contributed by atoms with Crippen LogP contribution >= 0.6 is 11.3 Å². The number of thiophene rings is 1. The molecule has 138 valence electrons. The third kappa shape index (κ3) is 4.03. The summed E-state index contributed by atoms with van der Waals surface area (Å²) in [7, 11) is 1.56. The van der Waals surface area contributed by atoms with Gasteiger partial charge in [0.05, 0.1) is 23.5 Å². The third-order valence-electron chi connectivity index (χ3n) is 4.18. The smallest absolute Gasteiger partial charge is 0.262 e. The Labute approximate surface area is 155 Å². The minimum absolute atomic E-state index is 0.0445. The lowest BCUT2D eigenvalue weighted by Gasteiger charge is -2.25. The van der Waals surface area contributed by atoms with Crippen LogP contribution in [-0.2, 0) is 14.3 Å². The van der Waals surface area contributed by atoms with Crippen molar-refractivity contribution in [2.75, 3.05) is 26.8 Å². The molecule has 0 unspecified atom stereocenters. The first kappa shape index (κ1) is 18.3. The van der Waals surface area contributed by atoms with E-state index in [1.165, 1.54) is 16.8 Å². The molecular formula is C18H21N3O4S. The second-order valence-corrected chi connectivity index (χ2v) is 6.88. The molecule has 2 aromatic heterocycles. The van der Waals surface area contributed by atoms with E-state index in [0.29, 0.717) is 25.3 Å². The molecule has 2 aromatic rings. The maximum absolute atomic E-state index is 12.9. The van der Waals surface area contributed by atoms with Crippen LogP contribution in [0.15, 0.2) is 45.4 Å². The highest BCUT2D eigenvalue weighted by Gasteiger charge is 2.35. The Bertz CT molecular complexity index is 770. The van der Waals surface area contributed by atoms with E-state index in [9.17, 15) is 9.59 Å². The number of ether oxygens (including phenoxy) is 1. The number of carbonyl (C=O) groups is 2. The molecule has 2 amide bonds. The molecule has 1 aliphatic rings. The molecule has 3 heterocycles. The van der Waals surface area contributed by atoms with Gasteiger partial charge in [-0.25, -0.2) is 5.01 Å². The molecule has 0 fully saturated rings. The molecule has 0 saturated carbocycles. The summed E-state index contributed by atoms with van der Waals surface area (Å²) in [6.07, 6.45) is 2.17. The highest BCUT2D eigenvalue weighted by atomic mass is 32.1. The lowest BCUT2D eigenvalue weighted by atomic mass is 10.1. The van der Waals surface area contributed by atoms with E-state index in [1.54, 1.807) is 30.8 Å². The molecule has 1 atom stereocenters. The summed E-state index contributed by atoms with van der Waals surface area (Å²) in [6.45, 7) is 2.13. The number of hydrogen-bond donors (Lipinski definition) is 0. The fraction of sp³-hybridized carbons (Fsp3) is 0.389. The largest absolute Gasteiger partial charge is 0.467 e. The summed E-state index contributed by atoms with van der Waals surface area (Å²) in [5.41, 5.74) is 0.848. The van der Waals surface area contributed by atoms with Gasteiger partial charge in [0.15, 0.2) is 0 Å². The van der Waals surface area contributed by atoms with E-state index in [2.05, 4.69) is 5.10 Å². The van der Waals surface area contributed by atoms with Crippen molar-refractivity contribution in [1.82, 2.24) is 9.91 Å². The van der Waals surface area contributed by atoms with Crippen LogP contribution < -0.4 is 0 Å². The van der Waals surface area contributed by atoms with Crippen molar-refractivity contribution in [1.29, 1.82) is 0 Å². The molecular weight excluding hydrogens is 354 g/mol. The average molecular weight is 375 g/mol. The average Bonchev–Trinajstić information content (AvgIpc) is 3.37. The van der Waals surface area contributed by atoms with Crippen molar-refractivity contribution in [3.05, 3.63) is 46.5 Å². The molecule has 0 spiro atoms. The predicted octanol–water partition coefficient (Wildman–Crippen LogP) is 2.51. The van der Waals surface area contributed by atoms with Gasteiger partial charge >= 0.3 is 0 Å². The first-order valence-corrected chi connectivity index (χ1v) is 9.19. The number of rotatable bonds is 7. The van der Waals surface area contributed by atoms with Gasteiger partial charge in [-0.15, -0.1) is 11.3 Å². The molecule has 7 nitrogen and oxygen atoms in total. The van der Waals surface area contributed by atoms with Gasteiger partial charge in [-0.05, 0) is 23.6 Å². The van der Waals surface area contributed by atoms with Gasteiger partial charge in [0.1, 0.15) is 18.3 Å². The van der Waals surface area contributed by atoms with E-state index in [0.717, 1.165) is 10.6 Å². The molecule has 0 N–H and O–H groups in total. The van der Waals surface area contributed by atoms with Crippen molar-refractivity contribution in [2.24, 2.45) is 5.10 Å². The SMILES string of the molecule is COCCN(CC(=O)N1N=C(c2cccs2)C[C@H]1c1ccco1)C(C)=O. The van der Waals surface area contributed by atoms with Crippen LogP contribution in [0.2, 0.25) is 0 Å². The second kappa shape index (κ2) is 8.29. The van der Waals surface area contributed by atoms with Crippen molar-refractivity contribution in [3.63, 3.8) is 0 Å². The Morgan fingerprint density at radius 3 is 2.88 bits per heavy atom. The van der Waals surface area contributed by atoms with Crippen LogP contribution in [0.5, 0.6) is 0 Å². The molecule has 26 heavy (non-hydrogen) atoms. The van der Waals surface area contributed by atoms with Crippen molar-refractivity contribution in [2.45, 2.75) is 19.4 Å². The first-order valence-electron chi connectivity index (χ1n) is 8.31. The van der Waals surface area contributed by atoms with Crippen molar-refractivity contribution >= 4 is 28.9 Å². The predicted molar refractivity (Wildman–Crippen MR) is 97.9 cm³/mol. The molecule has 0 bridgehead atoms. The molecule has 8 heteroatoms. The summed E-state index contributed by atoms with van der Waals surface area (Å²) in [6, 6.07) is 7.27. The molecule has 0 aromatic carbocycles. The zero-order valence-corrected chi connectivity index (χ0v) is 15.6. The number of methoxy groups -OCH3 is 1. The molecule has 0 aliphatic carbocycles. The van der Waals surface area contributed by atoms with Gasteiger partial charge in [-0.2, -0.15) is 5.10 Å². The van der Waals surface area contributed by atoms with E-state index < -0.39 is 0 Å². The normalized spacial score (nSPS) is 16.6. The highest BCUT2D eigenvalue weighted by molar-refractivity contribution is 7.12. The standard InChI is InChI=1S/C18H21N3O4S/c1-13(22)20(7-9-24-2)12-18(23)21-15(16-5-3-8-25-16)11-14(19-21)17-6-4-10-26-17/h3-6,8,10,15H,7,9,11-12H2,1-2H3/t15-/m0/s1. The van der Waals surface area contributed by atoms with Crippen LogP contribution in [0.4, 0.5) is 0 Å². The van der Waals surface area contributed by atoms with E-state index in [1.807, 2.05) is 23.6 Å². The molecule has 0 saturated heterocycles. The number of hydrazone groups is 1. The van der Waals surface area contributed by atoms with Gasteiger partial charge in [0, 0.05) is 27.0 Å². The van der Waals surface area contributed by atoms with Crippen LogP contribution in [0.1, 0.15) is 30.0 Å². The van der Waals surface area contributed by atoms with Crippen molar-refractivity contribution in [3.8, 4) is 0 Å². The van der Waals surface area contributed by atoms with Gasteiger partial charge in [-0.3, -0.25) is 9.59 Å². The lowest BCUT2D eigenvalue weighted by Crippen LogP contribution is -2.41. The van der Waals surface area contributed by atoms with Crippen LogP contribution in [-0.4, -0.2) is 54.2 Å².